The Morgan fingerprint density at radius 1 is 1.36 bits per heavy atom. The van der Waals surface area contributed by atoms with Crippen molar-refractivity contribution in [1.82, 2.24) is 15.2 Å². The van der Waals surface area contributed by atoms with E-state index in [0.717, 1.165) is 37.4 Å². The summed E-state index contributed by atoms with van der Waals surface area (Å²) in [6, 6.07) is 11.1. The van der Waals surface area contributed by atoms with Gasteiger partial charge in [0, 0.05) is 32.4 Å². The van der Waals surface area contributed by atoms with Crippen LogP contribution in [0.5, 0.6) is 0 Å². The molecular weight excluding hydrogens is 384 g/mol. The van der Waals surface area contributed by atoms with Crippen molar-refractivity contribution in [3.63, 3.8) is 0 Å². The van der Waals surface area contributed by atoms with Crippen molar-refractivity contribution in [2.45, 2.75) is 36.9 Å². The molecule has 8 heteroatoms. The van der Waals surface area contributed by atoms with Gasteiger partial charge in [0.2, 0.25) is 0 Å². The Balaban J connectivity index is 1.60. The van der Waals surface area contributed by atoms with E-state index < -0.39 is 11.7 Å². The van der Waals surface area contributed by atoms with E-state index in [4.69, 9.17) is 4.74 Å². The fraction of sp³-hybridized carbons (Fsp3) is 0.400. The van der Waals surface area contributed by atoms with Gasteiger partial charge in [0.05, 0.1) is 18.3 Å². The molecule has 5 nitrogen and oxygen atoms in total. The van der Waals surface area contributed by atoms with Crippen LogP contribution in [0.25, 0.3) is 0 Å². The predicted molar refractivity (Wildman–Crippen MR) is 104 cm³/mol. The number of pyridine rings is 1. The minimum Gasteiger partial charge on any atom is -0.376 e. The van der Waals surface area contributed by atoms with Crippen molar-refractivity contribution in [2.24, 2.45) is 0 Å². The van der Waals surface area contributed by atoms with Gasteiger partial charge in [0.15, 0.2) is 0 Å². The van der Waals surface area contributed by atoms with E-state index >= 15 is 0 Å². The number of thioether (sulfide) groups is 1. The maximum atomic E-state index is 12.7. The molecular formula is C20H23F2N3O2S. The number of benzene rings is 1. The number of rotatable bonds is 7. The molecule has 1 fully saturated rings. The van der Waals surface area contributed by atoms with Crippen molar-refractivity contribution in [1.29, 1.82) is 0 Å². The lowest BCUT2D eigenvalue weighted by Gasteiger charge is -2.31. The second kappa shape index (κ2) is 9.95. The highest BCUT2D eigenvalue weighted by molar-refractivity contribution is 7.99. The summed E-state index contributed by atoms with van der Waals surface area (Å²) in [6.45, 7) is 5.74. The number of alkyl halides is 2. The molecule has 1 saturated heterocycles. The summed E-state index contributed by atoms with van der Waals surface area (Å²) < 4.78 is 30.9. The SMILES string of the molecule is CC1CN(Cc2cccc(CNC(=O)c3cccnc3SC(F)F)c2)CCO1. The maximum Gasteiger partial charge on any atom is 0.290 e. The van der Waals surface area contributed by atoms with Crippen LogP contribution in [-0.2, 0) is 17.8 Å². The molecule has 28 heavy (non-hydrogen) atoms. The topological polar surface area (TPSA) is 54.5 Å². The summed E-state index contributed by atoms with van der Waals surface area (Å²) in [6.07, 6.45) is 1.63. The zero-order chi connectivity index (χ0) is 19.9. The Bertz CT molecular complexity index is 807. The Morgan fingerprint density at radius 3 is 2.96 bits per heavy atom. The van der Waals surface area contributed by atoms with Crippen LogP contribution in [0.15, 0.2) is 47.6 Å². The lowest BCUT2D eigenvalue weighted by atomic mass is 10.1. The van der Waals surface area contributed by atoms with Crippen LogP contribution in [0.1, 0.15) is 28.4 Å². The van der Waals surface area contributed by atoms with Gasteiger partial charge in [-0.15, -0.1) is 0 Å². The highest BCUT2D eigenvalue weighted by Gasteiger charge is 2.18. The second-order valence-corrected chi connectivity index (χ2v) is 7.63. The smallest absolute Gasteiger partial charge is 0.290 e. The number of hydrogen-bond donors (Lipinski definition) is 1. The molecule has 150 valence electrons. The fourth-order valence-electron chi connectivity index (χ4n) is 3.15. The van der Waals surface area contributed by atoms with Gasteiger partial charge in [-0.3, -0.25) is 9.69 Å². The molecule has 1 aromatic carbocycles. The third-order valence-corrected chi connectivity index (χ3v) is 5.12. The van der Waals surface area contributed by atoms with Gasteiger partial charge in [0.1, 0.15) is 5.03 Å². The first-order valence-corrected chi connectivity index (χ1v) is 9.99. The first-order chi connectivity index (χ1) is 13.5. The fourth-order valence-corrected chi connectivity index (χ4v) is 3.73. The first kappa shape index (κ1) is 20.7. The van der Waals surface area contributed by atoms with Crippen LogP contribution in [0.3, 0.4) is 0 Å². The summed E-state index contributed by atoms with van der Waals surface area (Å²) in [4.78, 5) is 18.7. The molecule has 1 aliphatic rings. The molecule has 1 unspecified atom stereocenters. The van der Waals surface area contributed by atoms with Crippen LogP contribution in [0, 0.1) is 0 Å². The lowest BCUT2D eigenvalue weighted by Crippen LogP contribution is -2.40. The number of carbonyl (C=O) groups is 1. The van der Waals surface area contributed by atoms with E-state index in [2.05, 4.69) is 34.3 Å². The summed E-state index contributed by atoms with van der Waals surface area (Å²) in [5.41, 5.74) is 2.28. The molecule has 1 aromatic heterocycles. The molecule has 0 aliphatic carbocycles. The average Bonchev–Trinajstić information content (AvgIpc) is 2.66. The van der Waals surface area contributed by atoms with Gasteiger partial charge in [-0.1, -0.05) is 24.3 Å². The normalized spacial score (nSPS) is 17.6. The van der Waals surface area contributed by atoms with E-state index in [1.54, 1.807) is 6.07 Å². The van der Waals surface area contributed by atoms with E-state index in [9.17, 15) is 13.6 Å². The third kappa shape index (κ3) is 5.98. The summed E-state index contributed by atoms with van der Waals surface area (Å²) in [5, 5.41) is 2.83. The van der Waals surface area contributed by atoms with Crippen LogP contribution >= 0.6 is 11.8 Å². The first-order valence-electron chi connectivity index (χ1n) is 9.11. The van der Waals surface area contributed by atoms with Gasteiger partial charge in [-0.25, -0.2) is 4.98 Å². The maximum absolute atomic E-state index is 12.7. The largest absolute Gasteiger partial charge is 0.376 e. The number of halogens is 2. The standard InChI is InChI=1S/C20H23F2N3O2S/c1-14-12-25(8-9-27-14)13-16-5-2-4-15(10-16)11-24-18(26)17-6-3-7-23-19(17)28-20(21)22/h2-7,10,14,20H,8-9,11-13H2,1H3,(H,24,26). The van der Waals surface area contributed by atoms with Gasteiger partial charge >= 0.3 is 0 Å². The Labute approximate surface area is 167 Å². The summed E-state index contributed by atoms with van der Waals surface area (Å²) in [5.74, 6) is -3.04. The minimum atomic E-state index is -2.62. The van der Waals surface area contributed by atoms with E-state index in [1.165, 1.54) is 12.3 Å². The molecule has 1 aliphatic heterocycles. The van der Waals surface area contributed by atoms with Gasteiger partial charge in [-0.2, -0.15) is 8.78 Å². The molecule has 1 amide bonds. The van der Waals surface area contributed by atoms with E-state index in [-0.39, 0.29) is 28.5 Å². The predicted octanol–water partition coefficient (Wildman–Crippen LogP) is 3.55. The Hall–Kier alpha value is -2.03. The van der Waals surface area contributed by atoms with Crippen LogP contribution in [0.4, 0.5) is 8.78 Å². The van der Waals surface area contributed by atoms with Crippen LogP contribution in [-0.4, -0.2) is 47.3 Å². The van der Waals surface area contributed by atoms with Gasteiger partial charge < -0.3 is 10.1 Å². The number of carbonyl (C=O) groups excluding carboxylic acids is 1. The monoisotopic (exact) mass is 407 g/mol. The van der Waals surface area contributed by atoms with E-state index in [0.29, 0.717) is 6.54 Å². The Kier molecular flexibility index (Phi) is 7.36. The minimum absolute atomic E-state index is 0.0326. The molecule has 2 heterocycles. The van der Waals surface area contributed by atoms with Crippen LogP contribution in [0.2, 0.25) is 0 Å². The number of ether oxygens (including phenoxy) is 1. The van der Waals surface area contributed by atoms with Crippen LogP contribution < -0.4 is 5.32 Å². The molecule has 0 spiro atoms. The number of aromatic nitrogens is 1. The third-order valence-electron chi connectivity index (χ3n) is 4.39. The highest BCUT2D eigenvalue weighted by atomic mass is 32.2. The molecule has 3 rings (SSSR count). The van der Waals surface area contributed by atoms with Gasteiger partial charge in [0.25, 0.3) is 11.7 Å². The van der Waals surface area contributed by atoms with Crippen molar-refractivity contribution in [2.75, 3.05) is 19.7 Å². The summed E-state index contributed by atoms with van der Waals surface area (Å²) >= 11 is 0.276. The van der Waals surface area contributed by atoms with E-state index in [1.807, 2.05) is 12.1 Å². The van der Waals surface area contributed by atoms with Crippen molar-refractivity contribution in [3.8, 4) is 0 Å². The number of morpholine rings is 1. The zero-order valence-electron chi connectivity index (χ0n) is 15.6. The zero-order valence-corrected chi connectivity index (χ0v) is 16.4. The molecule has 0 bridgehead atoms. The quantitative estimate of drug-likeness (QED) is 0.712. The van der Waals surface area contributed by atoms with Crippen molar-refractivity contribution < 1.29 is 18.3 Å². The summed E-state index contributed by atoms with van der Waals surface area (Å²) in [7, 11) is 0. The number of hydrogen-bond acceptors (Lipinski definition) is 5. The number of nitrogens with one attached hydrogen (secondary N) is 1. The molecule has 1 atom stereocenters. The van der Waals surface area contributed by atoms with Crippen molar-refractivity contribution >= 4 is 17.7 Å². The molecule has 0 radical (unpaired) electrons. The molecule has 2 aromatic rings. The van der Waals surface area contributed by atoms with Crippen molar-refractivity contribution in [3.05, 3.63) is 59.3 Å². The highest BCUT2D eigenvalue weighted by Crippen LogP contribution is 2.26. The second-order valence-electron chi connectivity index (χ2n) is 6.65. The molecule has 0 saturated carbocycles. The van der Waals surface area contributed by atoms with Gasteiger partial charge in [-0.05, 0) is 41.9 Å². The Morgan fingerprint density at radius 2 is 2.18 bits per heavy atom. The lowest BCUT2D eigenvalue weighted by molar-refractivity contribution is -0.0212. The molecule has 1 N–H and O–H groups in total. The average molecular weight is 407 g/mol. The number of amides is 1. The number of nitrogens with zero attached hydrogens (tertiary/aromatic N) is 2.